The lowest BCUT2D eigenvalue weighted by Crippen LogP contribution is -2.44. The van der Waals surface area contributed by atoms with E-state index in [-0.39, 0.29) is 37.2 Å². The topological polar surface area (TPSA) is 82.9 Å². The Bertz CT molecular complexity index is 1520. The fourth-order valence-electron chi connectivity index (χ4n) is 3.88. The standard InChI is InChI=1S/C29H25BrFN3O4/c1-2-14-33(29(37)32-24-7-5-6-22(30)15-24)18-27(35)34(16-20-10-12-23(31)13-11-20)17-21-19-38-26-9-4-3-8-25(26)28(21)36/h2-13,15,19H,1,14,16-18H2,(H,32,37). The van der Waals surface area contributed by atoms with Crippen molar-refractivity contribution in [2.24, 2.45) is 0 Å². The highest BCUT2D eigenvalue weighted by Crippen LogP contribution is 2.17. The number of halogens is 2. The Morgan fingerprint density at radius 2 is 1.76 bits per heavy atom. The number of urea groups is 1. The van der Waals surface area contributed by atoms with Gasteiger partial charge in [-0.1, -0.05) is 52.3 Å². The van der Waals surface area contributed by atoms with E-state index in [0.29, 0.717) is 22.2 Å². The molecule has 1 aromatic heterocycles. The van der Waals surface area contributed by atoms with Crippen LogP contribution in [-0.2, 0) is 17.9 Å². The number of amides is 3. The SMILES string of the molecule is C=CCN(CC(=O)N(Cc1ccc(F)cc1)Cc1coc2ccccc2c1=O)C(=O)Nc1cccc(Br)c1. The predicted molar refractivity (Wildman–Crippen MR) is 148 cm³/mol. The number of benzene rings is 3. The third-order valence-electron chi connectivity index (χ3n) is 5.79. The lowest BCUT2D eigenvalue weighted by Gasteiger charge is -2.27. The van der Waals surface area contributed by atoms with E-state index in [9.17, 15) is 18.8 Å². The van der Waals surface area contributed by atoms with Crippen LogP contribution in [0, 0.1) is 5.82 Å². The van der Waals surface area contributed by atoms with Gasteiger partial charge in [-0.2, -0.15) is 0 Å². The zero-order valence-electron chi connectivity index (χ0n) is 20.4. The maximum Gasteiger partial charge on any atom is 0.322 e. The molecule has 0 radical (unpaired) electrons. The van der Waals surface area contributed by atoms with Crippen molar-refractivity contribution in [2.45, 2.75) is 13.1 Å². The molecule has 0 aliphatic rings. The molecule has 0 bridgehead atoms. The molecule has 38 heavy (non-hydrogen) atoms. The Balaban J connectivity index is 1.59. The van der Waals surface area contributed by atoms with Gasteiger partial charge in [0.2, 0.25) is 5.91 Å². The largest absolute Gasteiger partial charge is 0.464 e. The molecule has 0 spiro atoms. The van der Waals surface area contributed by atoms with E-state index in [1.807, 2.05) is 6.07 Å². The molecule has 0 saturated carbocycles. The number of hydrogen-bond acceptors (Lipinski definition) is 4. The van der Waals surface area contributed by atoms with Gasteiger partial charge in [-0.25, -0.2) is 9.18 Å². The number of carbonyl (C=O) groups excluding carboxylic acids is 2. The average Bonchev–Trinajstić information content (AvgIpc) is 2.90. The highest BCUT2D eigenvalue weighted by Gasteiger charge is 2.23. The Labute approximate surface area is 227 Å². The van der Waals surface area contributed by atoms with Gasteiger partial charge in [0.25, 0.3) is 0 Å². The van der Waals surface area contributed by atoms with Crippen LogP contribution in [0.5, 0.6) is 0 Å². The van der Waals surface area contributed by atoms with E-state index in [4.69, 9.17) is 4.42 Å². The molecule has 4 aromatic rings. The normalized spacial score (nSPS) is 10.7. The summed E-state index contributed by atoms with van der Waals surface area (Å²) in [5.41, 5.74) is 1.70. The fraction of sp³-hybridized carbons (Fsp3) is 0.138. The maximum atomic E-state index is 13.5. The summed E-state index contributed by atoms with van der Waals surface area (Å²) in [4.78, 5) is 42.4. The van der Waals surface area contributed by atoms with Crippen molar-refractivity contribution in [2.75, 3.05) is 18.4 Å². The first kappa shape index (κ1) is 26.8. The van der Waals surface area contributed by atoms with E-state index in [1.165, 1.54) is 34.3 Å². The van der Waals surface area contributed by atoms with Crippen LogP contribution in [0.1, 0.15) is 11.1 Å². The van der Waals surface area contributed by atoms with Gasteiger partial charge in [0.15, 0.2) is 5.43 Å². The van der Waals surface area contributed by atoms with Crippen molar-refractivity contribution >= 4 is 44.5 Å². The molecule has 194 valence electrons. The van der Waals surface area contributed by atoms with Crippen molar-refractivity contribution in [1.29, 1.82) is 0 Å². The van der Waals surface area contributed by atoms with E-state index >= 15 is 0 Å². The van der Waals surface area contributed by atoms with Gasteiger partial charge < -0.3 is 19.5 Å². The van der Waals surface area contributed by atoms with E-state index in [2.05, 4.69) is 27.8 Å². The summed E-state index contributed by atoms with van der Waals surface area (Å²) >= 11 is 3.37. The minimum absolute atomic E-state index is 0.0570. The summed E-state index contributed by atoms with van der Waals surface area (Å²) in [5, 5.41) is 3.18. The van der Waals surface area contributed by atoms with Crippen LogP contribution in [0.3, 0.4) is 0 Å². The minimum atomic E-state index is -0.483. The maximum absolute atomic E-state index is 13.5. The third-order valence-corrected chi connectivity index (χ3v) is 6.28. The van der Waals surface area contributed by atoms with Crippen molar-refractivity contribution in [3.63, 3.8) is 0 Å². The molecule has 1 heterocycles. The number of para-hydroxylation sites is 1. The molecule has 0 aliphatic heterocycles. The van der Waals surface area contributed by atoms with Gasteiger partial charge >= 0.3 is 6.03 Å². The molecule has 0 aliphatic carbocycles. The molecule has 1 N–H and O–H groups in total. The van der Waals surface area contributed by atoms with Crippen molar-refractivity contribution < 1.29 is 18.4 Å². The van der Waals surface area contributed by atoms with Crippen LogP contribution in [0.25, 0.3) is 11.0 Å². The fourth-order valence-corrected chi connectivity index (χ4v) is 4.28. The van der Waals surface area contributed by atoms with Crippen molar-refractivity contribution in [3.8, 4) is 0 Å². The number of rotatable bonds is 9. The van der Waals surface area contributed by atoms with Gasteiger partial charge in [0.1, 0.15) is 17.9 Å². The molecule has 0 fully saturated rings. The summed E-state index contributed by atoms with van der Waals surface area (Å²) < 4.78 is 19.9. The highest BCUT2D eigenvalue weighted by atomic mass is 79.9. The van der Waals surface area contributed by atoms with Crippen molar-refractivity contribution in [3.05, 3.63) is 123 Å². The van der Waals surface area contributed by atoms with E-state index in [1.54, 1.807) is 54.6 Å². The summed E-state index contributed by atoms with van der Waals surface area (Å²) in [7, 11) is 0. The molecule has 7 nitrogen and oxygen atoms in total. The first-order valence-corrected chi connectivity index (χ1v) is 12.6. The number of hydrogen-bond donors (Lipinski definition) is 1. The van der Waals surface area contributed by atoms with Gasteiger partial charge in [-0.3, -0.25) is 9.59 Å². The first-order valence-electron chi connectivity index (χ1n) is 11.8. The van der Waals surface area contributed by atoms with Crippen LogP contribution in [-0.4, -0.2) is 34.8 Å². The Hall–Kier alpha value is -4.24. The molecule has 0 unspecified atom stereocenters. The van der Waals surface area contributed by atoms with Gasteiger partial charge in [0, 0.05) is 23.2 Å². The number of nitrogens with zero attached hydrogens (tertiary/aromatic N) is 2. The van der Waals surface area contributed by atoms with E-state index < -0.39 is 17.8 Å². The quantitative estimate of drug-likeness (QED) is 0.249. The van der Waals surface area contributed by atoms with Gasteiger partial charge in [0.05, 0.1) is 23.8 Å². The minimum Gasteiger partial charge on any atom is -0.464 e. The Morgan fingerprint density at radius 3 is 2.50 bits per heavy atom. The summed E-state index contributed by atoms with van der Waals surface area (Å²) in [6.07, 6.45) is 2.87. The highest BCUT2D eigenvalue weighted by molar-refractivity contribution is 9.10. The zero-order chi connectivity index (χ0) is 27.1. The second-order valence-electron chi connectivity index (χ2n) is 8.57. The number of anilines is 1. The van der Waals surface area contributed by atoms with Crippen LogP contribution < -0.4 is 10.7 Å². The molecule has 0 saturated heterocycles. The molecular formula is C29H25BrFN3O4. The summed E-state index contributed by atoms with van der Waals surface area (Å²) in [5.74, 6) is -0.809. The number of fused-ring (bicyclic) bond motifs is 1. The molecule has 9 heteroatoms. The first-order chi connectivity index (χ1) is 18.3. The smallest absolute Gasteiger partial charge is 0.322 e. The number of carbonyl (C=O) groups is 2. The predicted octanol–water partition coefficient (Wildman–Crippen LogP) is 5.94. The van der Waals surface area contributed by atoms with Crippen LogP contribution in [0.2, 0.25) is 0 Å². The summed E-state index contributed by atoms with van der Waals surface area (Å²) in [6.45, 7) is 3.59. The van der Waals surface area contributed by atoms with Crippen LogP contribution in [0.4, 0.5) is 14.9 Å². The third kappa shape index (κ3) is 6.74. The lowest BCUT2D eigenvalue weighted by atomic mass is 10.1. The van der Waals surface area contributed by atoms with Gasteiger partial charge in [-0.05, 0) is 48.0 Å². The van der Waals surface area contributed by atoms with Crippen LogP contribution >= 0.6 is 15.9 Å². The molecule has 3 aromatic carbocycles. The molecule has 0 atom stereocenters. The average molecular weight is 578 g/mol. The van der Waals surface area contributed by atoms with Crippen molar-refractivity contribution in [1.82, 2.24) is 9.80 Å². The lowest BCUT2D eigenvalue weighted by molar-refractivity contribution is -0.133. The monoisotopic (exact) mass is 577 g/mol. The Kier molecular flexibility index (Phi) is 8.70. The zero-order valence-corrected chi connectivity index (χ0v) is 22.0. The molecule has 3 amide bonds. The van der Waals surface area contributed by atoms with Gasteiger partial charge in [-0.15, -0.1) is 6.58 Å². The Morgan fingerprint density at radius 1 is 1.00 bits per heavy atom. The van der Waals surface area contributed by atoms with Crippen LogP contribution in [0.15, 0.2) is 105 Å². The second kappa shape index (κ2) is 12.3. The molecular weight excluding hydrogens is 553 g/mol. The second-order valence-corrected chi connectivity index (χ2v) is 9.49. The summed E-state index contributed by atoms with van der Waals surface area (Å²) in [6, 6.07) is 19.2. The van der Waals surface area contributed by atoms with E-state index in [0.717, 1.165) is 4.47 Å². The molecule has 4 rings (SSSR count). The number of nitrogens with one attached hydrogen (secondary N) is 1.